The first-order chi connectivity index (χ1) is 8.45. The topological polar surface area (TPSA) is 34.4 Å². The number of rotatable bonds is 3. The van der Waals surface area contributed by atoms with Crippen molar-refractivity contribution in [2.75, 3.05) is 7.05 Å². The third-order valence-corrected chi connectivity index (χ3v) is 4.43. The summed E-state index contributed by atoms with van der Waals surface area (Å²) in [4.78, 5) is 0. The van der Waals surface area contributed by atoms with Crippen LogP contribution in [0.4, 0.5) is 0 Å². The third-order valence-electron chi connectivity index (χ3n) is 4.43. The number of hydrogen-bond acceptors (Lipinski definition) is 3. The monoisotopic (exact) mass is 251 g/mol. The van der Waals surface area contributed by atoms with E-state index >= 15 is 0 Å². The zero-order chi connectivity index (χ0) is 13.4. The van der Waals surface area contributed by atoms with Gasteiger partial charge in [-0.25, -0.2) is 0 Å². The predicted octanol–water partition coefficient (Wildman–Crippen LogP) is 3.22. The lowest BCUT2D eigenvalue weighted by Crippen LogP contribution is -2.33. The number of aryl methyl sites for hydroxylation is 2. The van der Waals surface area contributed by atoms with E-state index < -0.39 is 0 Å². The fourth-order valence-electron chi connectivity index (χ4n) is 3.38. The zero-order valence-corrected chi connectivity index (χ0v) is 12.3. The van der Waals surface area contributed by atoms with Crippen LogP contribution in [-0.2, 0) is 4.74 Å². The summed E-state index contributed by atoms with van der Waals surface area (Å²) in [6.45, 7) is 10.7. The van der Waals surface area contributed by atoms with Gasteiger partial charge < -0.3 is 14.5 Å². The minimum absolute atomic E-state index is 0.280. The second-order valence-electron chi connectivity index (χ2n) is 5.62. The first-order valence-electron chi connectivity index (χ1n) is 6.85. The maximum atomic E-state index is 5.97. The zero-order valence-electron chi connectivity index (χ0n) is 12.3. The molecule has 0 bridgehead atoms. The molecule has 1 fully saturated rings. The lowest BCUT2D eigenvalue weighted by molar-refractivity contribution is 0.0477. The highest BCUT2D eigenvalue weighted by atomic mass is 16.5. The molecule has 0 radical (unpaired) electrons. The van der Waals surface area contributed by atoms with E-state index in [-0.39, 0.29) is 6.10 Å². The normalized spacial score (nSPS) is 33.9. The first kappa shape index (κ1) is 13.6. The summed E-state index contributed by atoms with van der Waals surface area (Å²) in [6.07, 6.45) is 0.608. The highest BCUT2D eigenvalue weighted by molar-refractivity contribution is 5.25. The molecule has 102 valence electrons. The molecule has 3 nitrogen and oxygen atoms in total. The molecule has 1 aromatic heterocycles. The fraction of sp³-hybridized carbons (Fsp3) is 0.733. The molecule has 0 amide bonds. The standard InChI is InChI=1S/C15H25NO2/c1-8-7-13(11(4)17-8)15(16-6)14-9(2)10(3)18-12(14)5/h7,9-10,12,14-16H,1-6H3. The number of ether oxygens (including phenoxy) is 1. The fourth-order valence-corrected chi connectivity index (χ4v) is 3.38. The Hall–Kier alpha value is -0.800. The van der Waals surface area contributed by atoms with Gasteiger partial charge in [-0.05, 0) is 46.7 Å². The molecule has 3 heteroatoms. The minimum Gasteiger partial charge on any atom is -0.466 e. The Bertz CT molecular complexity index is 413. The quantitative estimate of drug-likeness (QED) is 0.895. The Labute approximate surface area is 110 Å². The van der Waals surface area contributed by atoms with Crippen molar-refractivity contribution in [2.45, 2.75) is 52.9 Å². The van der Waals surface area contributed by atoms with Crippen LogP contribution in [-0.4, -0.2) is 19.3 Å². The van der Waals surface area contributed by atoms with E-state index in [0.29, 0.717) is 24.0 Å². The lowest BCUT2D eigenvalue weighted by atomic mass is 9.80. The van der Waals surface area contributed by atoms with Crippen LogP contribution in [0.2, 0.25) is 0 Å². The van der Waals surface area contributed by atoms with Gasteiger partial charge in [0.25, 0.3) is 0 Å². The molecule has 5 unspecified atom stereocenters. The molecule has 0 spiro atoms. The van der Waals surface area contributed by atoms with E-state index in [0.717, 1.165) is 11.5 Å². The predicted molar refractivity (Wildman–Crippen MR) is 72.6 cm³/mol. The van der Waals surface area contributed by atoms with Gasteiger partial charge in [-0.3, -0.25) is 0 Å². The van der Waals surface area contributed by atoms with Crippen LogP contribution >= 0.6 is 0 Å². The van der Waals surface area contributed by atoms with Crippen molar-refractivity contribution in [2.24, 2.45) is 11.8 Å². The van der Waals surface area contributed by atoms with Crippen molar-refractivity contribution in [3.8, 4) is 0 Å². The molecule has 5 atom stereocenters. The average Bonchev–Trinajstić information content (AvgIpc) is 2.74. The molecule has 0 aliphatic carbocycles. The highest BCUT2D eigenvalue weighted by Gasteiger charge is 2.42. The Morgan fingerprint density at radius 3 is 2.22 bits per heavy atom. The SMILES string of the molecule is CNC(c1cc(C)oc1C)C1C(C)OC(C)C1C. The third kappa shape index (κ3) is 2.21. The Morgan fingerprint density at radius 2 is 1.83 bits per heavy atom. The van der Waals surface area contributed by atoms with Crippen molar-refractivity contribution in [3.63, 3.8) is 0 Å². The Kier molecular flexibility index (Phi) is 3.83. The highest BCUT2D eigenvalue weighted by Crippen LogP contribution is 2.41. The van der Waals surface area contributed by atoms with Gasteiger partial charge in [0.2, 0.25) is 0 Å². The van der Waals surface area contributed by atoms with Crippen LogP contribution in [0.3, 0.4) is 0 Å². The van der Waals surface area contributed by atoms with E-state index in [1.165, 1.54) is 5.56 Å². The van der Waals surface area contributed by atoms with Gasteiger partial charge in [0.05, 0.1) is 12.2 Å². The van der Waals surface area contributed by atoms with E-state index in [1.54, 1.807) is 0 Å². The largest absolute Gasteiger partial charge is 0.466 e. The van der Waals surface area contributed by atoms with Crippen LogP contribution in [0.15, 0.2) is 10.5 Å². The molecule has 1 aliphatic rings. The molecular weight excluding hydrogens is 226 g/mol. The summed E-state index contributed by atoms with van der Waals surface area (Å²) < 4.78 is 11.6. The van der Waals surface area contributed by atoms with Crippen LogP contribution in [0, 0.1) is 25.7 Å². The van der Waals surface area contributed by atoms with Gasteiger partial charge in [-0.2, -0.15) is 0 Å². The first-order valence-corrected chi connectivity index (χ1v) is 6.85. The van der Waals surface area contributed by atoms with Crippen molar-refractivity contribution >= 4 is 0 Å². The van der Waals surface area contributed by atoms with Crippen LogP contribution in [0.25, 0.3) is 0 Å². The molecule has 1 aromatic rings. The molecule has 2 heterocycles. The summed E-state index contributed by atoms with van der Waals surface area (Å²) >= 11 is 0. The number of hydrogen-bond donors (Lipinski definition) is 1. The lowest BCUT2D eigenvalue weighted by Gasteiger charge is -2.28. The second kappa shape index (κ2) is 5.06. The maximum Gasteiger partial charge on any atom is 0.105 e. The van der Waals surface area contributed by atoms with Crippen molar-refractivity contribution < 1.29 is 9.15 Å². The van der Waals surface area contributed by atoms with Gasteiger partial charge in [0.1, 0.15) is 11.5 Å². The number of nitrogens with one attached hydrogen (secondary N) is 1. The van der Waals surface area contributed by atoms with Crippen LogP contribution < -0.4 is 5.32 Å². The molecular formula is C15H25NO2. The van der Waals surface area contributed by atoms with E-state index in [9.17, 15) is 0 Å². The van der Waals surface area contributed by atoms with Gasteiger partial charge in [-0.15, -0.1) is 0 Å². The minimum atomic E-state index is 0.280. The van der Waals surface area contributed by atoms with Gasteiger partial charge in [0.15, 0.2) is 0 Å². The number of furan rings is 1. The summed E-state index contributed by atoms with van der Waals surface area (Å²) in [5.74, 6) is 3.04. The summed E-state index contributed by atoms with van der Waals surface area (Å²) in [5, 5.41) is 3.46. The Balaban J connectivity index is 2.31. The van der Waals surface area contributed by atoms with E-state index in [2.05, 4.69) is 32.2 Å². The molecule has 0 saturated carbocycles. The summed E-state index contributed by atoms with van der Waals surface area (Å²) in [7, 11) is 2.02. The molecule has 1 N–H and O–H groups in total. The van der Waals surface area contributed by atoms with Gasteiger partial charge >= 0.3 is 0 Å². The van der Waals surface area contributed by atoms with Gasteiger partial charge in [0, 0.05) is 17.5 Å². The maximum absolute atomic E-state index is 5.97. The molecule has 1 aliphatic heterocycles. The van der Waals surface area contributed by atoms with Crippen molar-refractivity contribution in [1.29, 1.82) is 0 Å². The van der Waals surface area contributed by atoms with Crippen LogP contribution in [0.1, 0.15) is 43.9 Å². The molecule has 2 rings (SSSR count). The van der Waals surface area contributed by atoms with E-state index in [1.807, 2.05) is 20.9 Å². The van der Waals surface area contributed by atoms with Crippen molar-refractivity contribution in [1.82, 2.24) is 5.32 Å². The molecule has 0 aromatic carbocycles. The van der Waals surface area contributed by atoms with Crippen LogP contribution in [0.5, 0.6) is 0 Å². The summed E-state index contributed by atoms with van der Waals surface area (Å²) in [6, 6.07) is 2.45. The molecule has 1 saturated heterocycles. The second-order valence-corrected chi connectivity index (χ2v) is 5.62. The van der Waals surface area contributed by atoms with Gasteiger partial charge in [-0.1, -0.05) is 6.92 Å². The average molecular weight is 251 g/mol. The van der Waals surface area contributed by atoms with Crippen molar-refractivity contribution in [3.05, 3.63) is 23.2 Å². The summed E-state index contributed by atoms with van der Waals surface area (Å²) in [5.41, 5.74) is 1.27. The Morgan fingerprint density at radius 1 is 1.17 bits per heavy atom. The smallest absolute Gasteiger partial charge is 0.105 e. The van der Waals surface area contributed by atoms with E-state index in [4.69, 9.17) is 9.15 Å². The molecule has 18 heavy (non-hydrogen) atoms.